The fourth-order valence-corrected chi connectivity index (χ4v) is 3.41. The van der Waals surface area contributed by atoms with Crippen molar-refractivity contribution in [2.75, 3.05) is 5.32 Å². The molecule has 4 heteroatoms. The first-order valence-electron chi connectivity index (χ1n) is 9.04. The minimum absolute atomic E-state index is 0.172. The minimum atomic E-state index is 0.172. The molecule has 0 bridgehead atoms. The first-order valence-corrected chi connectivity index (χ1v) is 9.04. The normalized spacial score (nSPS) is 14.8. The molecule has 2 aromatic heterocycles. The predicted octanol–water partition coefficient (Wildman–Crippen LogP) is 4.76. The Balaban J connectivity index is 1.49. The van der Waals surface area contributed by atoms with Crippen LogP contribution in [0.15, 0.2) is 48.8 Å². The van der Waals surface area contributed by atoms with Gasteiger partial charge in [0.25, 0.3) is 0 Å². The van der Waals surface area contributed by atoms with Crippen LogP contribution in [0.1, 0.15) is 42.9 Å². The Bertz CT molecular complexity index is 840. The summed E-state index contributed by atoms with van der Waals surface area (Å²) in [6, 6.07) is 12.9. The third-order valence-electron chi connectivity index (χ3n) is 4.85. The van der Waals surface area contributed by atoms with Crippen LogP contribution in [0.2, 0.25) is 0 Å². The van der Waals surface area contributed by atoms with E-state index < -0.39 is 0 Å². The van der Waals surface area contributed by atoms with Crippen LogP contribution < -0.4 is 5.32 Å². The Labute approximate surface area is 149 Å². The van der Waals surface area contributed by atoms with Crippen molar-refractivity contribution >= 4 is 5.69 Å². The predicted molar refractivity (Wildman–Crippen MR) is 102 cm³/mol. The van der Waals surface area contributed by atoms with Gasteiger partial charge in [0.05, 0.1) is 17.4 Å². The van der Waals surface area contributed by atoms with Gasteiger partial charge in [-0.3, -0.25) is 4.98 Å². The van der Waals surface area contributed by atoms with Gasteiger partial charge in [-0.15, -0.1) is 0 Å². The molecule has 1 atom stereocenters. The van der Waals surface area contributed by atoms with Crippen molar-refractivity contribution in [1.82, 2.24) is 14.5 Å². The third kappa shape index (κ3) is 3.43. The summed E-state index contributed by atoms with van der Waals surface area (Å²) in [5, 5.41) is 3.52. The highest BCUT2D eigenvalue weighted by Crippen LogP contribution is 2.25. The van der Waals surface area contributed by atoms with Gasteiger partial charge in [0.1, 0.15) is 5.82 Å². The van der Waals surface area contributed by atoms with Crippen molar-refractivity contribution < 1.29 is 0 Å². The molecule has 0 spiro atoms. The Morgan fingerprint density at radius 3 is 2.72 bits per heavy atom. The van der Waals surface area contributed by atoms with Crippen LogP contribution in [0.3, 0.4) is 0 Å². The monoisotopic (exact) mass is 332 g/mol. The molecular weight excluding hydrogens is 308 g/mol. The average molecular weight is 332 g/mol. The van der Waals surface area contributed by atoms with Gasteiger partial charge < -0.3 is 9.88 Å². The minimum Gasteiger partial charge on any atom is -0.377 e. The number of nitrogens with zero attached hydrogens (tertiary/aromatic N) is 3. The molecule has 3 heterocycles. The molecule has 3 aromatic rings. The van der Waals surface area contributed by atoms with E-state index in [2.05, 4.69) is 65.2 Å². The van der Waals surface area contributed by atoms with E-state index in [1.165, 1.54) is 29.8 Å². The van der Waals surface area contributed by atoms with E-state index in [0.29, 0.717) is 0 Å². The Morgan fingerprint density at radius 1 is 1.12 bits per heavy atom. The van der Waals surface area contributed by atoms with Crippen LogP contribution in [0.5, 0.6) is 0 Å². The second-order valence-corrected chi connectivity index (χ2v) is 6.89. The number of pyridine rings is 1. The summed E-state index contributed by atoms with van der Waals surface area (Å²) < 4.78 is 2.30. The number of anilines is 1. The topological polar surface area (TPSA) is 42.7 Å². The van der Waals surface area contributed by atoms with Crippen LogP contribution in [0.25, 0.3) is 11.3 Å². The molecule has 128 valence electrons. The summed E-state index contributed by atoms with van der Waals surface area (Å²) in [7, 11) is 0. The summed E-state index contributed by atoms with van der Waals surface area (Å²) >= 11 is 0. The molecule has 0 aliphatic carbocycles. The van der Waals surface area contributed by atoms with Crippen LogP contribution in [0, 0.1) is 6.92 Å². The smallest absolute Gasteiger partial charge is 0.109 e. The lowest BCUT2D eigenvalue weighted by molar-refractivity contribution is 0.522. The van der Waals surface area contributed by atoms with Crippen molar-refractivity contribution in [3.8, 4) is 11.3 Å². The highest BCUT2D eigenvalue weighted by molar-refractivity contribution is 5.62. The molecule has 1 aliphatic heterocycles. The number of imidazole rings is 1. The van der Waals surface area contributed by atoms with E-state index in [4.69, 9.17) is 4.98 Å². The lowest BCUT2D eigenvalue weighted by atomic mass is 10.1. The van der Waals surface area contributed by atoms with E-state index in [0.717, 1.165) is 30.0 Å². The van der Waals surface area contributed by atoms with Gasteiger partial charge in [0.15, 0.2) is 0 Å². The number of hydrogen-bond acceptors (Lipinski definition) is 3. The van der Waals surface area contributed by atoms with Gasteiger partial charge in [-0.1, -0.05) is 12.1 Å². The van der Waals surface area contributed by atoms with Crippen molar-refractivity contribution in [1.29, 1.82) is 0 Å². The number of aromatic nitrogens is 3. The van der Waals surface area contributed by atoms with Gasteiger partial charge in [-0.25, -0.2) is 4.98 Å². The lowest BCUT2D eigenvalue weighted by Gasteiger charge is -2.15. The molecule has 4 rings (SSSR count). The first kappa shape index (κ1) is 15.9. The van der Waals surface area contributed by atoms with Crippen molar-refractivity contribution in [2.24, 2.45) is 0 Å². The zero-order valence-electron chi connectivity index (χ0n) is 14.9. The summed E-state index contributed by atoms with van der Waals surface area (Å²) in [6.07, 6.45) is 7.67. The molecule has 25 heavy (non-hydrogen) atoms. The van der Waals surface area contributed by atoms with E-state index in [1.807, 2.05) is 12.3 Å². The summed E-state index contributed by atoms with van der Waals surface area (Å²) in [6.45, 7) is 5.33. The molecule has 1 N–H and O–H groups in total. The lowest BCUT2D eigenvalue weighted by Crippen LogP contribution is -2.08. The average Bonchev–Trinajstić information content (AvgIpc) is 3.06. The third-order valence-corrected chi connectivity index (χ3v) is 4.85. The SMILES string of the molecule is Cc1ccnc(C(C)Nc2ccc(-c3cn4c(n3)CCCC4)cc2)c1. The van der Waals surface area contributed by atoms with E-state index in [1.54, 1.807) is 0 Å². The van der Waals surface area contributed by atoms with Crippen LogP contribution in [-0.4, -0.2) is 14.5 Å². The van der Waals surface area contributed by atoms with Gasteiger partial charge in [-0.05, 0) is 56.5 Å². The number of nitrogens with one attached hydrogen (secondary N) is 1. The molecule has 1 unspecified atom stereocenters. The van der Waals surface area contributed by atoms with Gasteiger partial charge >= 0.3 is 0 Å². The van der Waals surface area contributed by atoms with E-state index in [-0.39, 0.29) is 6.04 Å². The quantitative estimate of drug-likeness (QED) is 0.749. The number of hydrogen-bond donors (Lipinski definition) is 1. The molecule has 0 fully saturated rings. The highest BCUT2D eigenvalue weighted by atomic mass is 15.1. The van der Waals surface area contributed by atoms with Gasteiger partial charge in [0, 0.05) is 36.6 Å². The van der Waals surface area contributed by atoms with Gasteiger partial charge in [-0.2, -0.15) is 0 Å². The number of fused-ring (bicyclic) bond motifs is 1. The maximum Gasteiger partial charge on any atom is 0.109 e. The zero-order valence-corrected chi connectivity index (χ0v) is 14.9. The fourth-order valence-electron chi connectivity index (χ4n) is 3.41. The Kier molecular flexibility index (Phi) is 4.26. The number of benzene rings is 1. The van der Waals surface area contributed by atoms with Crippen molar-refractivity contribution in [3.05, 3.63) is 65.9 Å². The van der Waals surface area contributed by atoms with Crippen molar-refractivity contribution in [3.63, 3.8) is 0 Å². The maximum absolute atomic E-state index is 4.80. The molecule has 0 saturated carbocycles. The van der Waals surface area contributed by atoms with Crippen LogP contribution >= 0.6 is 0 Å². The Morgan fingerprint density at radius 2 is 1.96 bits per heavy atom. The molecule has 0 amide bonds. The molecule has 1 aliphatic rings. The maximum atomic E-state index is 4.80. The van der Waals surface area contributed by atoms with E-state index >= 15 is 0 Å². The standard InChI is InChI=1S/C21H24N4/c1-15-10-11-22-19(13-15)16(2)23-18-8-6-17(7-9-18)20-14-25-12-4-3-5-21(25)24-20/h6-11,13-14,16,23H,3-5,12H2,1-2H3. The zero-order chi connectivity index (χ0) is 17.2. The first-order chi connectivity index (χ1) is 12.2. The summed E-state index contributed by atoms with van der Waals surface area (Å²) in [5.74, 6) is 1.22. The second kappa shape index (κ2) is 6.71. The summed E-state index contributed by atoms with van der Waals surface area (Å²) in [5.41, 5.74) is 5.65. The van der Waals surface area contributed by atoms with E-state index in [9.17, 15) is 0 Å². The Hall–Kier alpha value is -2.62. The molecular formula is C21H24N4. The van der Waals surface area contributed by atoms with Crippen LogP contribution in [-0.2, 0) is 13.0 Å². The largest absolute Gasteiger partial charge is 0.377 e. The highest BCUT2D eigenvalue weighted by Gasteiger charge is 2.13. The van der Waals surface area contributed by atoms with Crippen molar-refractivity contribution in [2.45, 2.75) is 45.7 Å². The molecule has 1 aromatic carbocycles. The van der Waals surface area contributed by atoms with Gasteiger partial charge in [0.2, 0.25) is 0 Å². The van der Waals surface area contributed by atoms with Crippen LogP contribution in [0.4, 0.5) is 5.69 Å². The molecule has 0 saturated heterocycles. The summed E-state index contributed by atoms with van der Waals surface area (Å²) in [4.78, 5) is 9.26. The number of aryl methyl sites for hydroxylation is 3. The molecule has 0 radical (unpaired) electrons. The molecule has 4 nitrogen and oxygen atoms in total. The number of rotatable bonds is 4. The fraction of sp³-hybridized carbons (Fsp3) is 0.333. The second-order valence-electron chi connectivity index (χ2n) is 6.89.